The first-order chi connectivity index (χ1) is 25.0. The van der Waals surface area contributed by atoms with Gasteiger partial charge in [-0.05, 0) is 104 Å². The third kappa shape index (κ3) is 5.62. The van der Waals surface area contributed by atoms with Crippen LogP contribution >= 0.6 is 0 Å². The van der Waals surface area contributed by atoms with Gasteiger partial charge < -0.3 is 0 Å². The molecule has 0 saturated carbocycles. The lowest BCUT2D eigenvalue weighted by Crippen LogP contribution is -2.55. The molecule has 0 fully saturated rings. The van der Waals surface area contributed by atoms with Crippen LogP contribution in [-0.2, 0) is 15.3 Å². The van der Waals surface area contributed by atoms with E-state index in [2.05, 4.69) is 0 Å². The third-order valence-corrected chi connectivity index (χ3v) is 12.0. The molecule has 4 aromatic rings. The van der Waals surface area contributed by atoms with Crippen molar-refractivity contribution in [2.75, 3.05) is 4.90 Å². The van der Waals surface area contributed by atoms with Crippen molar-refractivity contribution in [2.45, 2.75) is 80.1 Å². The molecule has 2 aliphatic rings. The molecule has 0 saturated heterocycles. The number of carbonyl (C=O) groups is 4. The van der Waals surface area contributed by atoms with E-state index in [0.717, 1.165) is 40.8 Å². The fraction of sp³-hybridized carbons (Fsp3) is 0.282. The topological polar surface area (TPSA) is 109 Å². The number of carbonyl (C=O) groups excluding carboxylic acids is 4. The van der Waals surface area contributed by atoms with Crippen molar-refractivity contribution in [3.05, 3.63) is 124 Å². The number of sulfone groups is 1. The van der Waals surface area contributed by atoms with Gasteiger partial charge in [-0.3, -0.25) is 24.1 Å². The largest absolute Gasteiger partial charge is 0.411 e. The van der Waals surface area contributed by atoms with Gasteiger partial charge in [0.05, 0.1) is 37.7 Å². The van der Waals surface area contributed by atoms with E-state index in [0.29, 0.717) is 35.2 Å². The molecule has 6 rings (SSSR count). The second-order valence-corrected chi connectivity index (χ2v) is 16.0. The first-order valence-electron chi connectivity index (χ1n) is 16.7. The van der Waals surface area contributed by atoms with Crippen molar-refractivity contribution in [3.63, 3.8) is 0 Å². The van der Waals surface area contributed by atoms with Crippen molar-refractivity contribution in [3.8, 4) is 0 Å². The summed E-state index contributed by atoms with van der Waals surface area (Å²) in [6, 6.07) is 13.8. The van der Waals surface area contributed by atoms with E-state index in [4.69, 9.17) is 0 Å². The highest BCUT2D eigenvalue weighted by molar-refractivity contribution is 7.91. The normalized spacial score (nSPS) is 15.4. The van der Waals surface area contributed by atoms with Crippen molar-refractivity contribution >= 4 is 39.2 Å². The van der Waals surface area contributed by atoms with Crippen LogP contribution in [0.4, 0.5) is 32.0 Å². The van der Waals surface area contributed by atoms with Crippen molar-refractivity contribution < 1.29 is 53.9 Å². The Labute approximate surface area is 306 Å². The number of anilines is 1. The molecule has 0 unspecified atom stereocenters. The number of benzene rings is 4. The van der Waals surface area contributed by atoms with Crippen LogP contribution in [0.15, 0.2) is 94.7 Å². The van der Waals surface area contributed by atoms with E-state index in [1.165, 1.54) is 26.0 Å². The summed E-state index contributed by atoms with van der Waals surface area (Å²) in [7, 11) is -4.04. The van der Waals surface area contributed by atoms with Gasteiger partial charge in [0.15, 0.2) is 0 Å². The van der Waals surface area contributed by atoms with Crippen LogP contribution in [0.25, 0.3) is 0 Å². The van der Waals surface area contributed by atoms with Crippen molar-refractivity contribution in [1.82, 2.24) is 4.90 Å². The number of alkyl halides is 6. The van der Waals surface area contributed by atoms with Gasteiger partial charge in [-0.2, -0.15) is 26.3 Å². The summed E-state index contributed by atoms with van der Waals surface area (Å²) in [6.07, 6.45) is -12.0. The number of imide groups is 2. The Morgan fingerprint density at radius 3 is 1.44 bits per heavy atom. The number of fused-ring (bicyclic) bond motifs is 2. The van der Waals surface area contributed by atoms with Crippen molar-refractivity contribution in [2.24, 2.45) is 0 Å². The number of amides is 4. The summed E-state index contributed by atoms with van der Waals surface area (Å²) < 4.78 is 118. The summed E-state index contributed by atoms with van der Waals surface area (Å²) in [4.78, 5) is 54.6. The minimum atomic E-state index is -6.12. The molecule has 0 atom stereocenters. The van der Waals surface area contributed by atoms with Crippen LogP contribution < -0.4 is 4.90 Å². The highest BCUT2D eigenvalue weighted by Crippen LogP contribution is 2.57. The van der Waals surface area contributed by atoms with Gasteiger partial charge in [0.1, 0.15) is 0 Å². The van der Waals surface area contributed by atoms with Gasteiger partial charge >= 0.3 is 12.4 Å². The molecule has 2 aliphatic heterocycles. The van der Waals surface area contributed by atoms with E-state index in [-0.39, 0.29) is 33.4 Å². The van der Waals surface area contributed by atoms with Gasteiger partial charge in [0.25, 0.3) is 23.6 Å². The van der Waals surface area contributed by atoms with Crippen LogP contribution in [0.2, 0.25) is 0 Å². The minimum Gasteiger partial charge on any atom is -0.269 e. The van der Waals surface area contributed by atoms with Crippen LogP contribution in [-0.4, -0.2) is 54.8 Å². The quantitative estimate of drug-likeness (QED) is 0.131. The van der Waals surface area contributed by atoms with Gasteiger partial charge in [-0.15, -0.1) is 0 Å². The number of hydrogen-bond donors (Lipinski definition) is 0. The zero-order valence-electron chi connectivity index (χ0n) is 29.4. The maximum Gasteiger partial charge on any atom is 0.411 e. The summed E-state index contributed by atoms with van der Waals surface area (Å²) in [5, 5.41) is 0. The fourth-order valence-electron chi connectivity index (χ4n) is 6.81. The minimum absolute atomic E-state index is 0.0211. The van der Waals surface area contributed by atoms with E-state index in [1.54, 1.807) is 19.1 Å². The second kappa shape index (κ2) is 12.6. The Bertz CT molecular complexity index is 2330. The molecule has 0 N–H and O–H groups in total. The van der Waals surface area contributed by atoms with E-state index >= 15 is 26.3 Å². The Balaban J connectivity index is 1.41. The molecule has 0 spiro atoms. The smallest absolute Gasteiger partial charge is 0.269 e. The molecule has 8 nitrogen and oxygen atoms in total. The van der Waals surface area contributed by atoms with E-state index in [9.17, 15) is 27.6 Å². The number of nitrogens with zero attached hydrogens (tertiary/aromatic N) is 2. The zero-order chi connectivity index (χ0) is 39.9. The monoisotopic (exact) mass is 770 g/mol. The predicted molar refractivity (Wildman–Crippen MR) is 184 cm³/mol. The molecule has 0 radical (unpaired) electrons. The number of halogens is 6. The molecule has 0 aromatic heterocycles. The average Bonchev–Trinajstić information content (AvgIpc) is 3.50. The first-order valence-corrected chi connectivity index (χ1v) is 18.1. The SMILES string of the molecule is CCC(C)(C)N1C(=O)c2ccc(C(c3ccc4c(c3)C(=O)N(c3ccc(S(=O)(=O)c5ccc(C(C)C)cc5)cc3)C4=O)(C(F)(F)F)C(F)(F)F)cc2C1=O. The van der Waals surface area contributed by atoms with Crippen molar-refractivity contribution in [1.29, 1.82) is 0 Å². The van der Waals surface area contributed by atoms with Crippen LogP contribution in [0.5, 0.6) is 0 Å². The predicted octanol–water partition coefficient (Wildman–Crippen LogP) is 8.64. The maximum absolute atomic E-state index is 15.2. The molecule has 2 heterocycles. The zero-order valence-corrected chi connectivity index (χ0v) is 30.2. The molecule has 4 aromatic carbocycles. The average molecular weight is 771 g/mol. The first kappa shape index (κ1) is 38.4. The molecular weight excluding hydrogens is 738 g/mol. The molecule has 0 aliphatic carbocycles. The van der Waals surface area contributed by atoms with E-state index in [1.807, 2.05) is 13.8 Å². The van der Waals surface area contributed by atoms with Gasteiger partial charge in [0, 0.05) is 5.54 Å². The third-order valence-electron chi connectivity index (χ3n) is 10.2. The maximum atomic E-state index is 15.2. The van der Waals surface area contributed by atoms with Crippen LogP contribution in [0, 0.1) is 0 Å². The highest BCUT2D eigenvalue weighted by atomic mass is 32.2. The van der Waals surface area contributed by atoms with Crippen LogP contribution in [0.1, 0.15) is 105 Å². The molecule has 0 bridgehead atoms. The van der Waals surface area contributed by atoms with Gasteiger partial charge in [-0.1, -0.05) is 45.0 Å². The second-order valence-electron chi connectivity index (χ2n) is 14.0. The summed E-state index contributed by atoms with van der Waals surface area (Å²) in [5.74, 6) is -4.09. The molecule has 15 heteroatoms. The standard InChI is InChI=1S/C39H32F6N2O6S/c1-6-36(4,5)47-34(50)29-18-10-24(20-31(29)35(47)51)37(38(40,41)42,39(43,44)45)23-9-17-28-30(19-23)33(49)46(32(28)48)25-11-15-27(16-12-25)54(52,53)26-13-7-22(8-14-26)21(2)3/h7-21H,6H2,1-5H3. The Morgan fingerprint density at radius 1 is 0.593 bits per heavy atom. The molecule has 282 valence electrons. The Morgan fingerprint density at radius 2 is 1.00 bits per heavy atom. The van der Waals surface area contributed by atoms with E-state index < -0.39 is 84.6 Å². The number of rotatable bonds is 8. The fourth-order valence-corrected chi connectivity index (χ4v) is 8.08. The summed E-state index contributed by atoms with van der Waals surface area (Å²) in [5.41, 5.74) is -10.4. The lowest BCUT2D eigenvalue weighted by molar-refractivity contribution is -0.288. The molecule has 54 heavy (non-hydrogen) atoms. The Hall–Kier alpha value is -5.31. The lowest BCUT2D eigenvalue weighted by atomic mass is 9.71. The Kier molecular flexibility index (Phi) is 8.99. The van der Waals surface area contributed by atoms with Gasteiger partial charge in [0.2, 0.25) is 15.3 Å². The van der Waals surface area contributed by atoms with Crippen LogP contribution in [0.3, 0.4) is 0 Å². The summed E-state index contributed by atoms with van der Waals surface area (Å²) in [6.45, 7) is 8.59. The highest BCUT2D eigenvalue weighted by Gasteiger charge is 2.73. The number of hydrogen-bond acceptors (Lipinski definition) is 6. The molecule has 4 amide bonds. The molecular formula is C39H32F6N2O6S. The van der Waals surface area contributed by atoms with Gasteiger partial charge in [-0.25, -0.2) is 13.3 Å². The lowest BCUT2D eigenvalue weighted by Gasteiger charge is -2.38. The summed E-state index contributed by atoms with van der Waals surface area (Å²) >= 11 is 0.